The summed E-state index contributed by atoms with van der Waals surface area (Å²) >= 11 is 7.69. The van der Waals surface area contributed by atoms with Crippen LogP contribution >= 0.6 is 22.9 Å². The van der Waals surface area contributed by atoms with Gasteiger partial charge in [-0.25, -0.2) is 4.79 Å². The van der Waals surface area contributed by atoms with Gasteiger partial charge in [-0.15, -0.1) is 11.3 Å². The van der Waals surface area contributed by atoms with Crippen LogP contribution in [0, 0.1) is 0 Å². The van der Waals surface area contributed by atoms with Gasteiger partial charge in [0.15, 0.2) is 6.61 Å². The second kappa shape index (κ2) is 7.75. The molecule has 0 saturated carbocycles. The summed E-state index contributed by atoms with van der Waals surface area (Å²) in [6.45, 7) is 0.743. The minimum absolute atomic E-state index is 0.427. The summed E-state index contributed by atoms with van der Waals surface area (Å²) in [5.41, 5.74) is 4.16. The van der Waals surface area contributed by atoms with Crippen molar-refractivity contribution >= 4 is 56.9 Å². The number of hydrogen-bond acceptors (Lipinski definition) is 5. The topological polar surface area (TPSA) is 84.5 Å². The summed E-state index contributed by atoms with van der Waals surface area (Å²) in [6, 6.07) is 7.63. The number of hydrazine groups is 1. The third-order valence-corrected chi connectivity index (χ3v) is 4.31. The zero-order valence-corrected chi connectivity index (χ0v) is 13.7. The number of esters is 1. The molecule has 0 radical (unpaired) electrons. The molecule has 0 atom stereocenters. The number of benzene rings is 1. The maximum atomic E-state index is 11.6. The van der Waals surface area contributed by atoms with E-state index < -0.39 is 24.4 Å². The van der Waals surface area contributed by atoms with E-state index in [9.17, 15) is 14.4 Å². The second-order valence-corrected chi connectivity index (χ2v) is 5.91. The Hall–Kier alpha value is -2.38. The Morgan fingerprint density at radius 3 is 2.70 bits per heavy atom. The molecule has 2 aromatic rings. The summed E-state index contributed by atoms with van der Waals surface area (Å²) < 4.78 is 5.76. The predicted molar refractivity (Wildman–Crippen MR) is 88.8 cm³/mol. The minimum Gasteiger partial charge on any atom is -0.452 e. The van der Waals surface area contributed by atoms with Crippen molar-refractivity contribution in [3.8, 4) is 0 Å². The van der Waals surface area contributed by atoms with Crippen LogP contribution in [0.2, 0.25) is 5.02 Å². The highest BCUT2D eigenvalue weighted by molar-refractivity contribution is 7.20. The molecule has 0 aliphatic heterocycles. The molecule has 23 heavy (non-hydrogen) atoms. The zero-order valence-electron chi connectivity index (χ0n) is 12.1. The number of carbonyl (C=O) groups excluding carboxylic acids is 3. The molecule has 0 fully saturated rings. The van der Waals surface area contributed by atoms with E-state index in [4.69, 9.17) is 16.3 Å². The van der Waals surface area contributed by atoms with E-state index in [1.165, 1.54) is 24.3 Å². The van der Waals surface area contributed by atoms with Crippen molar-refractivity contribution < 1.29 is 19.1 Å². The Kier molecular flexibility index (Phi) is 5.72. The summed E-state index contributed by atoms with van der Waals surface area (Å²) in [7, 11) is 0. The van der Waals surface area contributed by atoms with E-state index in [0.717, 1.165) is 15.0 Å². The van der Waals surface area contributed by atoms with Crippen LogP contribution < -0.4 is 10.9 Å². The van der Waals surface area contributed by atoms with Crippen LogP contribution in [0.15, 0.2) is 30.3 Å². The molecule has 2 rings (SSSR count). The molecule has 0 saturated heterocycles. The first-order valence-electron chi connectivity index (χ1n) is 6.54. The molecule has 1 aromatic carbocycles. The highest BCUT2D eigenvalue weighted by atomic mass is 35.5. The molecule has 2 N–H and O–H groups in total. The molecule has 6 nitrogen and oxygen atoms in total. The number of ether oxygens (including phenoxy) is 1. The quantitative estimate of drug-likeness (QED) is 0.502. The SMILES string of the molecule is CC(=O)NNC(=O)COC(=O)/C=C/c1sc2ccccc2c1Cl. The number of amides is 2. The van der Waals surface area contributed by atoms with Gasteiger partial charge in [-0.2, -0.15) is 0 Å². The van der Waals surface area contributed by atoms with Crippen molar-refractivity contribution in [1.29, 1.82) is 0 Å². The van der Waals surface area contributed by atoms with E-state index in [0.29, 0.717) is 5.02 Å². The van der Waals surface area contributed by atoms with Gasteiger partial charge in [0.1, 0.15) is 0 Å². The molecule has 0 unspecified atom stereocenters. The van der Waals surface area contributed by atoms with Crippen LogP contribution in [0.25, 0.3) is 16.2 Å². The maximum absolute atomic E-state index is 11.6. The normalized spacial score (nSPS) is 10.7. The molecule has 8 heteroatoms. The van der Waals surface area contributed by atoms with Gasteiger partial charge in [0.2, 0.25) is 5.91 Å². The Bertz CT molecular complexity index is 785. The van der Waals surface area contributed by atoms with Crippen molar-refractivity contribution in [2.75, 3.05) is 6.61 Å². The average molecular weight is 353 g/mol. The molecule has 2 amide bonds. The lowest BCUT2D eigenvalue weighted by molar-refractivity contribution is -0.144. The van der Waals surface area contributed by atoms with Gasteiger partial charge in [-0.05, 0) is 12.1 Å². The molecule has 0 spiro atoms. The van der Waals surface area contributed by atoms with Crippen LogP contribution in [0.5, 0.6) is 0 Å². The number of rotatable bonds is 4. The number of hydrogen-bond donors (Lipinski definition) is 2. The smallest absolute Gasteiger partial charge is 0.331 e. The van der Waals surface area contributed by atoms with Crippen molar-refractivity contribution in [3.63, 3.8) is 0 Å². The van der Waals surface area contributed by atoms with E-state index in [-0.39, 0.29) is 0 Å². The molecule has 1 aromatic heterocycles. The van der Waals surface area contributed by atoms with Crippen LogP contribution in [0.4, 0.5) is 0 Å². The van der Waals surface area contributed by atoms with Crippen molar-refractivity contribution in [1.82, 2.24) is 10.9 Å². The van der Waals surface area contributed by atoms with E-state index in [2.05, 4.69) is 10.9 Å². The fourth-order valence-electron chi connectivity index (χ4n) is 1.66. The van der Waals surface area contributed by atoms with E-state index in [1.807, 2.05) is 24.3 Å². The minimum atomic E-state index is -0.684. The molecule has 0 aliphatic rings. The summed E-state index contributed by atoms with van der Waals surface area (Å²) in [5.74, 6) is -1.75. The first-order valence-corrected chi connectivity index (χ1v) is 7.74. The predicted octanol–water partition coefficient (Wildman–Crippen LogP) is 2.28. The zero-order chi connectivity index (χ0) is 16.8. The standard InChI is InChI=1S/C15H13ClN2O4S/c1-9(19)17-18-13(20)8-22-14(21)7-6-12-15(16)10-4-2-3-5-11(10)23-12/h2-7H,8H2,1H3,(H,17,19)(H,18,20)/b7-6+. The number of thiophene rings is 1. The summed E-state index contributed by atoms with van der Waals surface area (Å²) in [4.78, 5) is 34.1. The Morgan fingerprint density at radius 1 is 1.26 bits per heavy atom. The average Bonchev–Trinajstić information content (AvgIpc) is 2.85. The van der Waals surface area contributed by atoms with Crippen LogP contribution in [0.1, 0.15) is 11.8 Å². The van der Waals surface area contributed by atoms with Crippen LogP contribution in [-0.4, -0.2) is 24.4 Å². The van der Waals surface area contributed by atoms with Gasteiger partial charge in [0.25, 0.3) is 5.91 Å². The first-order chi connectivity index (χ1) is 11.0. The Balaban J connectivity index is 1.91. The monoisotopic (exact) mass is 352 g/mol. The lowest BCUT2D eigenvalue weighted by atomic mass is 10.2. The van der Waals surface area contributed by atoms with Gasteiger partial charge >= 0.3 is 5.97 Å². The maximum Gasteiger partial charge on any atom is 0.331 e. The van der Waals surface area contributed by atoms with Gasteiger partial charge in [0, 0.05) is 28.0 Å². The molecular formula is C15H13ClN2O4S. The highest BCUT2D eigenvalue weighted by Crippen LogP contribution is 2.35. The lowest BCUT2D eigenvalue weighted by Crippen LogP contribution is -2.42. The third kappa shape index (κ3) is 4.80. The number of fused-ring (bicyclic) bond motifs is 1. The molecule has 1 heterocycles. The van der Waals surface area contributed by atoms with Gasteiger partial charge in [-0.1, -0.05) is 29.8 Å². The molecule has 0 aliphatic carbocycles. The van der Waals surface area contributed by atoms with Crippen molar-refractivity contribution in [2.24, 2.45) is 0 Å². The fourth-order valence-corrected chi connectivity index (χ4v) is 3.06. The second-order valence-electron chi connectivity index (χ2n) is 4.45. The van der Waals surface area contributed by atoms with Gasteiger partial charge in [0.05, 0.1) is 5.02 Å². The Morgan fingerprint density at radius 2 is 2.00 bits per heavy atom. The number of halogens is 1. The van der Waals surface area contributed by atoms with E-state index >= 15 is 0 Å². The summed E-state index contributed by atoms with van der Waals surface area (Å²) in [5, 5.41) is 1.49. The first kappa shape index (κ1) is 17.0. The molecule has 120 valence electrons. The molecule has 0 bridgehead atoms. The lowest BCUT2D eigenvalue weighted by Gasteiger charge is -2.04. The third-order valence-electron chi connectivity index (χ3n) is 2.65. The number of carbonyl (C=O) groups is 3. The largest absolute Gasteiger partial charge is 0.452 e. The number of nitrogens with one attached hydrogen (secondary N) is 2. The van der Waals surface area contributed by atoms with Crippen LogP contribution in [-0.2, 0) is 19.1 Å². The van der Waals surface area contributed by atoms with Gasteiger partial charge < -0.3 is 4.74 Å². The summed E-state index contributed by atoms with van der Waals surface area (Å²) in [6.07, 6.45) is 2.74. The highest BCUT2D eigenvalue weighted by Gasteiger charge is 2.09. The fraction of sp³-hybridized carbons (Fsp3) is 0.133. The van der Waals surface area contributed by atoms with Gasteiger partial charge in [-0.3, -0.25) is 20.4 Å². The van der Waals surface area contributed by atoms with Crippen LogP contribution in [0.3, 0.4) is 0 Å². The van der Waals surface area contributed by atoms with E-state index in [1.54, 1.807) is 6.08 Å². The van der Waals surface area contributed by atoms with Crippen molar-refractivity contribution in [3.05, 3.63) is 40.2 Å². The molecular weight excluding hydrogens is 340 g/mol. The van der Waals surface area contributed by atoms with Crippen molar-refractivity contribution in [2.45, 2.75) is 6.92 Å². The Labute approximate surface area is 141 Å².